The Labute approximate surface area is 167 Å². The Morgan fingerprint density at radius 2 is 1.83 bits per heavy atom. The number of ether oxygens (including phenoxy) is 1. The molecule has 29 heavy (non-hydrogen) atoms. The fraction of sp³-hybridized carbons (Fsp3) is 0.130. The maximum absolute atomic E-state index is 13.7. The molecule has 1 atom stereocenters. The van der Waals surface area contributed by atoms with Crippen LogP contribution in [0.5, 0.6) is 5.75 Å². The number of methoxy groups -OCH3 is 1. The number of halogens is 1. The Bertz CT molecular complexity index is 1060. The molecule has 0 saturated carbocycles. The van der Waals surface area contributed by atoms with E-state index in [1.165, 1.54) is 12.1 Å². The van der Waals surface area contributed by atoms with Crippen LogP contribution in [0.15, 0.2) is 77.9 Å². The predicted molar refractivity (Wildman–Crippen MR) is 109 cm³/mol. The van der Waals surface area contributed by atoms with E-state index in [0.717, 1.165) is 28.3 Å². The number of hydrazone groups is 1. The molecule has 1 unspecified atom stereocenters. The number of hydrogen-bond acceptors (Lipinski definition) is 4. The first-order valence-electron chi connectivity index (χ1n) is 9.15. The molecule has 0 saturated heterocycles. The highest BCUT2D eigenvalue weighted by molar-refractivity contribution is 6.03. The minimum absolute atomic E-state index is 0.102. The highest BCUT2D eigenvalue weighted by Gasteiger charge is 2.30. The molecule has 0 radical (unpaired) electrons. The van der Waals surface area contributed by atoms with Crippen molar-refractivity contribution in [2.45, 2.75) is 12.5 Å². The van der Waals surface area contributed by atoms with E-state index in [-0.39, 0.29) is 17.4 Å². The molecule has 1 N–H and O–H groups in total. The summed E-state index contributed by atoms with van der Waals surface area (Å²) >= 11 is 0. The van der Waals surface area contributed by atoms with Gasteiger partial charge < -0.3 is 9.84 Å². The highest BCUT2D eigenvalue weighted by atomic mass is 19.1. The molecule has 0 aromatic heterocycles. The van der Waals surface area contributed by atoms with Crippen molar-refractivity contribution < 1.29 is 19.0 Å². The average Bonchev–Trinajstić information content (AvgIpc) is 3.19. The van der Waals surface area contributed by atoms with Crippen LogP contribution in [0.3, 0.4) is 0 Å². The molecule has 4 rings (SSSR count). The predicted octanol–water partition coefficient (Wildman–Crippen LogP) is 4.89. The zero-order chi connectivity index (χ0) is 20.4. The second kappa shape index (κ2) is 7.75. The van der Waals surface area contributed by atoms with Gasteiger partial charge in [0, 0.05) is 12.0 Å². The first kappa shape index (κ1) is 18.7. The van der Waals surface area contributed by atoms with Gasteiger partial charge in [0.05, 0.1) is 30.1 Å². The van der Waals surface area contributed by atoms with Crippen molar-refractivity contribution in [2.24, 2.45) is 5.10 Å². The number of nitrogens with zero attached hydrogens (tertiary/aromatic N) is 2. The van der Waals surface area contributed by atoms with Gasteiger partial charge in [-0.25, -0.2) is 9.18 Å². The lowest BCUT2D eigenvalue weighted by molar-refractivity contribution is 0.0697. The summed E-state index contributed by atoms with van der Waals surface area (Å²) in [5.41, 5.74) is 3.51. The van der Waals surface area contributed by atoms with Crippen molar-refractivity contribution in [3.8, 4) is 5.75 Å². The van der Waals surface area contributed by atoms with Gasteiger partial charge in [-0.15, -0.1) is 0 Å². The van der Waals surface area contributed by atoms with Gasteiger partial charge in [-0.2, -0.15) is 5.10 Å². The van der Waals surface area contributed by atoms with Gasteiger partial charge in [0.15, 0.2) is 0 Å². The molecule has 1 heterocycles. The summed E-state index contributed by atoms with van der Waals surface area (Å²) in [6.07, 6.45) is 0.594. The van der Waals surface area contributed by atoms with Crippen LogP contribution in [0.4, 0.5) is 10.1 Å². The molecule has 0 aliphatic carbocycles. The molecule has 3 aromatic rings. The third kappa shape index (κ3) is 3.82. The Kier molecular flexibility index (Phi) is 4.99. The minimum atomic E-state index is -0.978. The van der Waals surface area contributed by atoms with Crippen LogP contribution < -0.4 is 9.75 Å². The van der Waals surface area contributed by atoms with Crippen molar-refractivity contribution in [3.05, 3.63) is 95.3 Å². The normalized spacial score (nSPS) is 15.9. The van der Waals surface area contributed by atoms with Crippen molar-refractivity contribution in [1.29, 1.82) is 0 Å². The van der Waals surface area contributed by atoms with Crippen LogP contribution in [0, 0.1) is 5.82 Å². The summed E-state index contributed by atoms with van der Waals surface area (Å²) in [5, 5.41) is 15.8. The van der Waals surface area contributed by atoms with Gasteiger partial charge in [-0.3, -0.25) is 5.01 Å². The third-order valence-electron chi connectivity index (χ3n) is 4.95. The molecule has 3 aromatic carbocycles. The summed E-state index contributed by atoms with van der Waals surface area (Å²) in [4.78, 5) is 11.2. The molecular formula is C23H19FN2O3. The molecule has 5 nitrogen and oxygen atoms in total. The molecule has 0 fully saturated rings. The van der Waals surface area contributed by atoms with Gasteiger partial charge in [-0.05, 0) is 54.1 Å². The molecule has 1 aliphatic heterocycles. The quantitative estimate of drug-likeness (QED) is 0.674. The van der Waals surface area contributed by atoms with E-state index in [9.17, 15) is 9.18 Å². The number of hydrogen-bond donors (Lipinski definition) is 1. The maximum Gasteiger partial charge on any atom is 0.335 e. The lowest BCUT2D eigenvalue weighted by atomic mass is 9.98. The fourth-order valence-electron chi connectivity index (χ4n) is 3.43. The lowest BCUT2D eigenvalue weighted by Gasteiger charge is -2.24. The molecule has 1 aliphatic rings. The Hall–Kier alpha value is -3.67. The van der Waals surface area contributed by atoms with Crippen LogP contribution in [0.2, 0.25) is 0 Å². The van der Waals surface area contributed by atoms with E-state index in [1.54, 1.807) is 37.4 Å². The fourth-order valence-corrected chi connectivity index (χ4v) is 3.43. The number of benzene rings is 3. The number of aromatic carboxylic acids is 1. The number of rotatable bonds is 5. The van der Waals surface area contributed by atoms with Gasteiger partial charge in [0.2, 0.25) is 0 Å². The van der Waals surface area contributed by atoms with E-state index in [2.05, 4.69) is 0 Å². The zero-order valence-electron chi connectivity index (χ0n) is 15.7. The SMILES string of the molecule is COc1ccc(C2CC(c3cccc(F)c3)=NN2c2ccc(C(=O)O)cc2)cc1. The summed E-state index contributed by atoms with van der Waals surface area (Å²) in [5.74, 6) is -0.528. The van der Waals surface area contributed by atoms with Crippen molar-refractivity contribution in [2.75, 3.05) is 12.1 Å². The number of anilines is 1. The Morgan fingerprint density at radius 3 is 2.45 bits per heavy atom. The lowest BCUT2D eigenvalue weighted by Crippen LogP contribution is -2.18. The number of carbonyl (C=O) groups is 1. The molecule has 0 spiro atoms. The minimum Gasteiger partial charge on any atom is -0.497 e. The average molecular weight is 390 g/mol. The molecule has 0 bridgehead atoms. The standard InChI is InChI=1S/C23H19FN2O3/c1-29-20-11-7-15(8-12-20)22-14-21(17-3-2-4-18(24)13-17)25-26(22)19-9-5-16(6-10-19)23(27)28/h2-13,22H,14H2,1H3,(H,27,28). The second-order valence-electron chi connectivity index (χ2n) is 6.75. The van der Waals surface area contributed by atoms with Crippen LogP contribution >= 0.6 is 0 Å². The van der Waals surface area contributed by atoms with Crippen LogP contribution in [0.25, 0.3) is 0 Å². The van der Waals surface area contributed by atoms with Crippen LogP contribution in [-0.2, 0) is 0 Å². The Morgan fingerprint density at radius 1 is 1.10 bits per heavy atom. The summed E-state index contributed by atoms with van der Waals surface area (Å²) < 4.78 is 19.0. The summed E-state index contributed by atoms with van der Waals surface area (Å²) in [6, 6.07) is 20.6. The Balaban J connectivity index is 1.73. The van der Waals surface area contributed by atoms with Crippen molar-refractivity contribution in [3.63, 3.8) is 0 Å². The van der Waals surface area contributed by atoms with E-state index in [0.29, 0.717) is 6.42 Å². The van der Waals surface area contributed by atoms with Crippen LogP contribution in [0.1, 0.15) is 33.9 Å². The molecule has 6 heteroatoms. The summed E-state index contributed by atoms with van der Waals surface area (Å²) in [7, 11) is 1.62. The topological polar surface area (TPSA) is 62.1 Å². The zero-order valence-corrected chi connectivity index (χ0v) is 15.7. The smallest absolute Gasteiger partial charge is 0.335 e. The summed E-state index contributed by atoms with van der Waals surface area (Å²) in [6.45, 7) is 0. The molecule has 0 amide bonds. The molecule has 146 valence electrons. The first-order valence-corrected chi connectivity index (χ1v) is 9.15. The monoisotopic (exact) mass is 390 g/mol. The van der Waals surface area contributed by atoms with E-state index in [1.807, 2.05) is 35.3 Å². The van der Waals surface area contributed by atoms with Gasteiger partial charge >= 0.3 is 5.97 Å². The van der Waals surface area contributed by atoms with E-state index in [4.69, 9.17) is 14.9 Å². The van der Waals surface area contributed by atoms with Gasteiger partial charge in [0.25, 0.3) is 0 Å². The van der Waals surface area contributed by atoms with Crippen molar-refractivity contribution in [1.82, 2.24) is 0 Å². The largest absolute Gasteiger partial charge is 0.497 e. The van der Waals surface area contributed by atoms with Crippen molar-refractivity contribution >= 4 is 17.4 Å². The number of carboxylic acid groups (broad SMARTS) is 1. The molecular weight excluding hydrogens is 371 g/mol. The first-order chi connectivity index (χ1) is 14.0. The van der Waals surface area contributed by atoms with E-state index >= 15 is 0 Å². The van der Waals surface area contributed by atoms with Crippen LogP contribution in [-0.4, -0.2) is 23.9 Å². The third-order valence-corrected chi connectivity index (χ3v) is 4.95. The number of carboxylic acids is 1. The van der Waals surface area contributed by atoms with E-state index < -0.39 is 5.97 Å². The van der Waals surface area contributed by atoms with Gasteiger partial charge in [0.1, 0.15) is 11.6 Å². The maximum atomic E-state index is 13.7. The highest BCUT2D eigenvalue weighted by Crippen LogP contribution is 2.37. The van der Waals surface area contributed by atoms with Gasteiger partial charge in [-0.1, -0.05) is 24.3 Å². The second-order valence-corrected chi connectivity index (χ2v) is 6.75.